The Kier molecular flexibility index (Phi) is 6.51. The highest BCUT2D eigenvalue weighted by Crippen LogP contribution is 2.04. The van der Waals surface area contributed by atoms with Crippen LogP contribution >= 0.6 is 0 Å². The summed E-state index contributed by atoms with van der Waals surface area (Å²) in [6.45, 7) is 4.45. The fourth-order valence-corrected chi connectivity index (χ4v) is 1.09. The molecule has 0 bridgehead atoms. The molecule has 0 unspecified atom stereocenters. The Hall–Kier alpha value is -1.28. The Balaban J connectivity index is 2.15. The van der Waals surface area contributed by atoms with Gasteiger partial charge in [-0.05, 0) is 0 Å². The molecular weight excluding hydrogens is 246 g/mol. The zero-order valence-electron chi connectivity index (χ0n) is 10.4. The second kappa shape index (κ2) is 7.93. The van der Waals surface area contributed by atoms with Crippen molar-refractivity contribution in [2.24, 2.45) is 0 Å². The van der Waals surface area contributed by atoms with E-state index in [1.165, 1.54) is 0 Å². The quantitative estimate of drug-likeness (QED) is 0.654. The lowest BCUT2D eigenvalue weighted by Crippen LogP contribution is -2.21. The molecule has 0 aliphatic heterocycles. The second-order valence-corrected chi connectivity index (χ2v) is 3.93. The van der Waals surface area contributed by atoms with E-state index < -0.39 is 13.0 Å². The topological polar surface area (TPSA) is 72.2 Å². The first-order valence-corrected chi connectivity index (χ1v) is 5.73. The van der Waals surface area contributed by atoms with E-state index in [-0.39, 0.29) is 12.6 Å². The van der Waals surface area contributed by atoms with Crippen LogP contribution < -0.4 is 10.6 Å². The number of nitrogens with one attached hydrogen (secondary N) is 2. The van der Waals surface area contributed by atoms with Crippen LogP contribution in [0.3, 0.4) is 0 Å². The van der Waals surface area contributed by atoms with Crippen LogP contribution in [0.1, 0.15) is 19.7 Å². The number of aromatic nitrogens is 2. The van der Waals surface area contributed by atoms with Crippen LogP contribution in [0.5, 0.6) is 0 Å². The maximum Gasteiger partial charge on any atom is 0.315 e. The van der Waals surface area contributed by atoms with Crippen LogP contribution in [0.15, 0.2) is 4.42 Å². The van der Waals surface area contributed by atoms with Crippen molar-refractivity contribution in [2.75, 3.05) is 25.1 Å². The van der Waals surface area contributed by atoms with E-state index in [1.807, 2.05) is 13.8 Å². The van der Waals surface area contributed by atoms with Gasteiger partial charge in [0.05, 0.1) is 13.2 Å². The van der Waals surface area contributed by atoms with Crippen molar-refractivity contribution in [2.45, 2.75) is 32.9 Å². The van der Waals surface area contributed by atoms with E-state index in [0.717, 1.165) is 0 Å². The van der Waals surface area contributed by atoms with Crippen LogP contribution in [0.25, 0.3) is 0 Å². The van der Waals surface area contributed by atoms with E-state index in [0.29, 0.717) is 25.0 Å². The number of hydrogen-bond acceptors (Lipinski definition) is 6. The van der Waals surface area contributed by atoms with Crippen molar-refractivity contribution < 1.29 is 17.9 Å². The van der Waals surface area contributed by atoms with E-state index >= 15 is 0 Å². The van der Waals surface area contributed by atoms with Gasteiger partial charge >= 0.3 is 6.01 Å². The molecule has 0 radical (unpaired) electrons. The maximum absolute atomic E-state index is 11.7. The average molecular weight is 264 g/mol. The number of anilines is 1. The first-order chi connectivity index (χ1) is 8.58. The summed E-state index contributed by atoms with van der Waals surface area (Å²) < 4.78 is 33.4. The Morgan fingerprint density at radius 1 is 1.33 bits per heavy atom. The summed E-state index contributed by atoms with van der Waals surface area (Å²) in [5, 5.41) is 13.5. The SMILES string of the molecule is CC(C)NCc1nnc(NCCOCC(F)F)o1. The Morgan fingerprint density at radius 2 is 2.11 bits per heavy atom. The normalized spacial score (nSPS) is 11.4. The molecular formula is C10H18F2N4O2. The third-order valence-corrected chi connectivity index (χ3v) is 1.89. The molecule has 1 rings (SSSR count). The Morgan fingerprint density at radius 3 is 2.78 bits per heavy atom. The molecule has 0 aliphatic rings. The van der Waals surface area contributed by atoms with Gasteiger partial charge in [0.1, 0.15) is 6.61 Å². The van der Waals surface area contributed by atoms with Crippen molar-refractivity contribution in [3.8, 4) is 0 Å². The molecule has 18 heavy (non-hydrogen) atoms. The monoisotopic (exact) mass is 264 g/mol. The highest BCUT2D eigenvalue weighted by molar-refractivity contribution is 5.16. The van der Waals surface area contributed by atoms with Gasteiger partial charge in [0.2, 0.25) is 5.89 Å². The summed E-state index contributed by atoms with van der Waals surface area (Å²) in [5.74, 6) is 0.472. The molecule has 1 heterocycles. The van der Waals surface area contributed by atoms with Crippen molar-refractivity contribution in [1.82, 2.24) is 15.5 Å². The van der Waals surface area contributed by atoms with Gasteiger partial charge in [-0.15, -0.1) is 5.10 Å². The third kappa shape index (κ3) is 6.45. The smallest absolute Gasteiger partial charge is 0.315 e. The lowest BCUT2D eigenvalue weighted by atomic mass is 10.4. The van der Waals surface area contributed by atoms with Gasteiger partial charge in [0.15, 0.2) is 0 Å². The standard InChI is InChI=1S/C10H18F2N4O2/c1-7(2)14-5-9-15-16-10(18-9)13-3-4-17-6-8(11)12/h7-8,14H,3-6H2,1-2H3,(H,13,16). The number of ether oxygens (including phenoxy) is 1. The van der Waals surface area contributed by atoms with Gasteiger partial charge < -0.3 is 19.8 Å². The highest BCUT2D eigenvalue weighted by atomic mass is 19.3. The van der Waals surface area contributed by atoms with Crippen LogP contribution in [-0.4, -0.2) is 42.4 Å². The van der Waals surface area contributed by atoms with Gasteiger partial charge in [-0.2, -0.15) is 0 Å². The van der Waals surface area contributed by atoms with Crippen LogP contribution in [0, 0.1) is 0 Å². The molecule has 0 amide bonds. The van der Waals surface area contributed by atoms with Crippen LogP contribution in [0.2, 0.25) is 0 Å². The lowest BCUT2D eigenvalue weighted by Gasteiger charge is -2.04. The van der Waals surface area contributed by atoms with E-state index in [9.17, 15) is 8.78 Å². The van der Waals surface area contributed by atoms with Gasteiger partial charge in [-0.3, -0.25) is 0 Å². The van der Waals surface area contributed by atoms with Gasteiger partial charge in [0, 0.05) is 12.6 Å². The van der Waals surface area contributed by atoms with E-state index in [1.54, 1.807) is 0 Å². The van der Waals surface area contributed by atoms with Gasteiger partial charge in [-0.25, -0.2) is 8.78 Å². The molecule has 104 valence electrons. The molecule has 8 heteroatoms. The molecule has 0 spiro atoms. The molecule has 0 aromatic carbocycles. The number of rotatable bonds is 9. The molecule has 1 aromatic heterocycles. The highest BCUT2D eigenvalue weighted by Gasteiger charge is 2.06. The number of alkyl halides is 2. The fraction of sp³-hybridized carbons (Fsp3) is 0.800. The third-order valence-electron chi connectivity index (χ3n) is 1.89. The van der Waals surface area contributed by atoms with Crippen molar-refractivity contribution in [3.63, 3.8) is 0 Å². The molecule has 0 atom stereocenters. The van der Waals surface area contributed by atoms with Crippen molar-refractivity contribution in [3.05, 3.63) is 5.89 Å². The molecule has 0 saturated carbocycles. The minimum Gasteiger partial charge on any atom is -0.407 e. The second-order valence-electron chi connectivity index (χ2n) is 3.93. The summed E-state index contributed by atoms with van der Waals surface area (Å²) in [4.78, 5) is 0. The average Bonchev–Trinajstić information content (AvgIpc) is 2.73. The minimum absolute atomic E-state index is 0.159. The predicted octanol–water partition coefficient (Wildman–Crippen LogP) is 1.26. The minimum atomic E-state index is -2.44. The summed E-state index contributed by atoms with van der Waals surface area (Å²) in [7, 11) is 0. The molecule has 0 aliphatic carbocycles. The number of nitrogens with zero attached hydrogens (tertiary/aromatic N) is 2. The van der Waals surface area contributed by atoms with Gasteiger partial charge in [0.25, 0.3) is 6.43 Å². The Bertz CT molecular complexity index is 333. The Labute approximate surface area is 104 Å². The molecule has 0 saturated heterocycles. The maximum atomic E-state index is 11.7. The molecule has 1 aromatic rings. The summed E-state index contributed by atoms with van der Waals surface area (Å²) in [6.07, 6.45) is -2.44. The zero-order chi connectivity index (χ0) is 13.4. The predicted molar refractivity (Wildman–Crippen MR) is 61.6 cm³/mol. The van der Waals surface area contributed by atoms with E-state index in [4.69, 9.17) is 4.42 Å². The fourth-order valence-electron chi connectivity index (χ4n) is 1.09. The molecule has 0 fully saturated rings. The molecule has 2 N–H and O–H groups in total. The summed E-state index contributed by atoms with van der Waals surface area (Å²) in [6, 6.07) is 0.590. The van der Waals surface area contributed by atoms with E-state index in [2.05, 4.69) is 25.6 Å². The zero-order valence-corrected chi connectivity index (χ0v) is 10.4. The molecule has 6 nitrogen and oxygen atoms in total. The largest absolute Gasteiger partial charge is 0.407 e. The van der Waals surface area contributed by atoms with Crippen molar-refractivity contribution >= 4 is 6.01 Å². The summed E-state index contributed by atoms with van der Waals surface area (Å²) in [5.41, 5.74) is 0. The van der Waals surface area contributed by atoms with Gasteiger partial charge in [-0.1, -0.05) is 18.9 Å². The first-order valence-electron chi connectivity index (χ1n) is 5.73. The first kappa shape index (κ1) is 14.8. The summed E-state index contributed by atoms with van der Waals surface area (Å²) >= 11 is 0. The van der Waals surface area contributed by atoms with Crippen molar-refractivity contribution in [1.29, 1.82) is 0 Å². The van der Waals surface area contributed by atoms with Crippen LogP contribution in [-0.2, 0) is 11.3 Å². The number of hydrogen-bond donors (Lipinski definition) is 2. The lowest BCUT2D eigenvalue weighted by molar-refractivity contribution is 0.0214. The van der Waals surface area contributed by atoms with Crippen LogP contribution in [0.4, 0.5) is 14.8 Å². The number of halogens is 2.